The Bertz CT molecular complexity index is 755. The summed E-state index contributed by atoms with van der Waals surface area (Å²) in [6.07, 6.45) is 0.313. The van der Waals surface area contributed by atoms with E-state index in [0.29, 0.717) is 23.3 Å². The summed E-state index contributed by atoms with van der Waals surface area (Å²) in [4.78, 5) is 24.0. The van der Waals surface area contributed by atoms with E-state index in [2.05, 4.69) is 21.2 Å². The second-order valence-electron chi connectivity index (χ2n) is 4.77. The molecular weight excluding hydrogens is 334 g/mol. The van der Waals surface area contributed by atoms with E-state index in [1.807, 2.05) is 0 Å². The molecule has 1 aliphatic heterocycles. The van der Waals surface area contributed by atoms with Gasteiger partial charge in [0.2, 0.25) is 5.91 Å². The van der Waals surface area contributed by atoms with Crippen molar-refractivity contribution in [2.75, 3.05) is 12.4 Å². The van der Waals surface area contributed by atoms with Crippen LogP contribution in [-0.2, 0) is 11.2 Å². The van der Waals surface area contributed by atoms with E-state index in [0.717, 1.165) is 15.7 Å². The normalized spacial score (nSPS) is 12.8. The number of benzene rings is 2. The molecule has 5 heteroatoms. The maximum Gasteiger partial charge on any atom is 0.228 e. The third kappa shape index (κ3) is 2.56. The van der Waals surface area contributed by atoms with Crippen molar-refractivity contribution in [3.05, 3.63) is 57.6 Å². The maximum atomic E-state index is 12.6. The Morgan fingerprint density at radius 1 is 1.24 bits per heavy atom. The molecule has 0 saturated heterocycles. The van der Waals surface area contributed by atoms with Crippen LogP contribution >= 0.6 is 15.9 Å². The molecule has 3 rings (SSSR count). The van der Waals surface area contributed by atoms with E-state index in [-0.39, 0.29) is 11.7 Å². The predicted octanol–water partition coefficient (Wildman–Crippen LogP) is 3.18. The quantitative estimate of drug-likeness (QED) is 0.869. The Kier molecular flexibility index (Phi) is 3.51. The average Bonchev–Trinajstić information content (AvgIpc) is 2.85. The van der Waals surface area contributed by atoms with Crippen molar-refractivity contribution in [1.82, 2.24) is 0 Å². The molecule has 0 aliphatic carbocycles. The van der Waals surface area contributed by atoms with Crippen LogP contribution in [0.3, 0.4) is 0 Å². The van der Waals surface area contributed by atoms with Crippen molar-refractivity contribution in [3.63, 3.8) is 0 Å². The van der Waals surface area contributed by atoms with E-state index in [9.17, 15) is 9.59 Å². The van der Waals surface area contributed by atoms with Gasteiger partial charge in [0, 0.05) is 15.7 Å². The first-order valence-electron chi connectivity index (χ1n) is 6.39. The van der Waals surface area contributed by atoms with Crippen molar-refractivity contribution < 1.29 is 14.3 Å². The molecule has 4 nitrogen and oxygen atoms in total. The number of amides is 1. The number of rotatable bonds is 3. The Balaban J connectivity index is 2.00. The van der Waals surface area contributed by atoms with E-state index < -0.39 is 0 Å². The smallest absolute Gasteiger partial charge is 0.228 e. The molecular formula is C16H12BrNO3. The molecule has 0 fully saturated rings. The maximum absolute atomic E-state index is 12.6. The van der Waals surface area contributed by atoms with E-state index in [4.69, 9.17) is 4.74 Å². The lowest BCUT2D eigenvalue weighted by Gasteiger charge is -2.09. The van der Waals surface area contributed by atoms with Crippen molar-refractivity contribution in [1.29, 1.82) is 0 Å². The molecule has 1 amide bonds. The number of ether oxygens (including phenoxy) is 1. The SMILES string of the molecule is COc1cc(Br)ccc1C(=O)c1ccc2c(c1)CC(=O)N2. The van der Waals surface area contributed by atoms with E-state index >= 15 is 0 Å². The largest absolute Gasteiger partial charge is 0.496 e. The van der Waals surface area contributed by atoms with Gasteiger partial charge in [-0.1, -0.05) is 15.9 Å². The number of nitrogens with one attached hydrogen (secondary N) is 1. The average molecular weight is 346 g/mol. The highest BCUT2D eigenvalue weighted by atomic mass is 79.9. The lowest BCUT2D eigenvalue weighted by Crippen LogP contribution is -2.04. The standard InChI is InChI=1S/C16H12BrNO3/c1-21-14-8-11(17)3-4-12(14)16(20)9-2-5-13-10(6-9)7-15(19)18-13/h2-6,8H,7H2,1H3,(H,18,19). The van der Waals surface area contributed by atoms with Crippen LogP contribution in [0.5, 0.6) is 5.75 Å². The molecule has 0 atom stereocenters. The highest BCUT2D eigenvalue weighted by Crippen LogP contribution is 2.28. The van der Waals surface area contributed by atoms with Gasteiger partial charge >= 0.3 is 0 Å². The minimum absolute atomic E-state index is 0.0455. The summed E-state index contributed by atoms with van der Waals surface area (Å²) >= 11 is 3.35. The summed E-state index contributed by atoms with van der Waals surface area (Å²) in [6.45, 7) is 0. The number of anilines is 1. The summed E-state index contributed by atoms with van der Waals surface area (Å²) in [5.74, 6) is 0.349. The number of fused-ring (bicyclic) bond motifs is 1. The summed E-state index contributed by atoms with van der Waals surface area (Å²) in [5, 5.41) is 2.75. The molecule has 0 saturated carbocycles. The van der Waals surface area contributed by atoms with Crippen molar-refractivity contribution in [2.45, 2.75) is 6.42 Å². The second-order valence-corrected chi connectivity index (χ2v) is 5.69. The molecule has 0 spiro atoms. The zero-order valence-corrected chi connectivity index (χ0v) is 12.9. The first-order valence-corrected chi connectivity index (χ1v) is 7.19. The third-order valence-corrected chi connectivity index (χ3v) is 3.89. The number of hydrogen-bond acceptors (Lipinski definition) is 3. The van der Waals surface area contributed by atoms with Crippen LogP contribution in [0.2, 0.25) is 0 Å². The second kappa shape index (κ2) is 5.33. The van der Waals surface area contributed by atoms with Gasteiger partial charge < -0.3 is 10.1 Å². The van der Waals surface area contributed by atoms with Crippen LogP contribution in [0.25, 0.3) is 0 Å². The topological polar surface area (TPSA) is 55.4 Å². The highest BCUT2D eigenvalue weighted by Gasteiger charge is 2.21. The van der Waals surface area contributed by atoms with Gasteiger partial charge in [-0.05, 0) is 42.0 Å². The number of ketones is 1. The van der Waals surface area contributed by atoms with Crippen LogP contribution in [0, 0.1) is 0 Å². The van der Waals surface area contributed by atoms with Gasteiger partial charge in [-0.2, -0.15) is 0 Å². The van der Waals surface area contributed by atoms with Crippen LogP contribution in [0.1, 0.15) is 21.5 Å². The fourth-order valence-corrected chi connectivity index (χ4v) is 2.72. The molecule has 2 aromatic rings. The Labute approximate surface area is 130 Å². The Morgan fingerprint density at radius 3 is 2.81 bits per heavy atom. The zero-order chi connectivity index (χ0) is 15.0. The van der Waals surface area contributed by atoms with Crippen molar-refractivity contribution >= 4 is 33.3 Å². The van der Waals surface area contributed by atoms with Gasteiger partial charge in [0.1, 0.15) is 5.75 Å². The Hall–Kier alpha value is -2.14. The van der Waals surface area contributed by atoms with Gasteiger partial charge in [-0.15, -0.1) is 0 Å². The van der Waals surface area contributed by atoms with Gasteiger partial charge in [0.25, 0.3) is 0 Å². The Morgan fingerprint density at radius 2 is 2.05 bits per heavy atom. The molecule has 1 heterocycles. The number of hydrogen-bond donors (Lipinski definition) is 1. The van der Waals surface area contributed by atoms with Gasteiger partial charge in [0.05, 0.1) is 19.1 Å². The highest BCUT2D eigenvalue weighted by molar-refractivity contribution is 9.10. The first kappa shape index (κ1) is 13.8. The molecule has 0 unspecified atom stereocenters. The molecule has 0 bridgehead atoms. The summed E-state index contributed by atoms with van der Waals surface area (Å²) < 4.78 is 6.11. The number of halogens is 1. The minimum Gasteiger partial charge on any atom is -0.496 e. The predicted molar refractivity (Wildman–Crippen MR) is 82.9 cm³/mol. The molecule has 0 radical (unpaired) electrons. The van der Waals surface area contributed by atoms with Crippen LogP contribution < -0.4 is 10.1 Å². The number of methoxy groups -OCH3 is 1. The zero-order valence-electron chi connectivity index (χ0n) is 11.3. The van der Waals surface area contributed by atoms with E-state index in [1.54, 1.807) is 36.4 Å². The fourth-order valence-electron chi connectivity index (χ4n) is 2.38. The summed E-state index contributed by atoms with van der Waals surface area (Å²) in [6, 6.07) is 10.5. The van der Waals surface area contributed by atoms with Gasteiger partial charge in [-0.3, -0.25) is 9.59 Å². The van der Waals surface area contributed by atoms with Crippen molar-refractivity contribution in [3.8, 4) is 5.75 Å². The van der Waals surface area contributed by atoms with Crippen molar-refractivity contribution in [2.24, 2.45) is 0 Å². The number of carbonyl (C=O) groups excluding carboxylic acids is 2. The lowest BCUT2D eigenvalue weighted by molar-refractivity contribution is -0.115. The molecule has 1 aliphatic rings. The minimum atomic E-state index is -0.124. The van der Waals surface area contributed by atoms with E-state index in [1.165, 1.54) is 7.11 Å². The molecule has 21 heavy (non-hydrogen) atoms. The number of carbonyl (C=O) groups is 2. The summed E-state index contributed by atoms with van der Waals surface area (Å²) in [5.41, 5.74) is 2.67. The van der Waals surface area contributed by atoms with Crippen LogP contribution in [-0.4, -0.2) is 18.8 Å². The molecule has 2 aromatic carbocycles. The monoisotopic (exact) mass is 345 g/mol. The lowest BCUT2D eigenvalue weighted by atomic mass is 9.99. The van der Waals surface area contributed by atoms with Gasteiger partial charge in [-0.25, -0.2) is 0 Å². The van der Waals surface area contributed by atoms with Crippen LogP contribution in [0.15, 0.2) is 40.9 Å². The van der Waals surface area contributed by atoms with Gasteiger partial charge in [0.15, 0.2) is 5.78 Å². The summed E-state index contributed by atoms with van der Waals surface area (Å²) in [7, 11) is 1.53. The van der Waals surface area contributed by atoms with Crippen LogP contribution in [0.4, 0.5) is 5.69 Å². The molecule has 106 valence electrons. The molecule has 1 N–H and O–H groups in total. The fraction of sp³-hybridized carbons (Fsp3) is 0.125. The molecule has 0 aromatic heterocycles. The first-order chi connectivity index (χ1) is 10.1. The third-order valence-electron chi connectivity index (χ3n) is 3.40.